The predicted octanol–water partition coefficient (Wildman–Crippen LogP) is 2.88. The summed E-state index contributed by atoms with van der Waals surface area (Å²) in [6, 6.07) is 11.7. The summed E-state index contributed by atoms with van der Waals surface area (Å²) < 4.78 is 40.3. The first-order valence-corrected chi connectivity index (χ1v) is 8.25. The summed E-state index contributed by atoms with van der Waals surface area (Å²) >= 11 is 0. The minimum Gasteiger partial charge on any atom is -0.207 e. The lowest BCUT2D eigenvalue weighted by atomic mass is 10.0. The fraction of sp³-hybridized carbons (Fsp3) is 0.250. The van der Waals surface area contributed by atoms with E-state index in [0.29, 0.717) is 25.1 Å². The van der Waals surface area contributed by atoms with Gasteiger partial charge in [-0.1, -0.05) is 30.3 Å². The van der Waals surface area contributed by atoms with Crippen molar-refractivity contribution >= 4 is 10.0 Å². The maximum absolute atomic E-state index is 13.4. The van der Waals surface area contributed by atoms with Crippen molar-refractivity contribution in [1.29, 1.82) is 0 Å². The molecule has 2 aromatic carbocycles. The Bertz CT molecular complexity index is 787. The molecule has 21 heavy (non-hydrogen) atoms. The van der Waals surface area contributed by atoms with Gasteiger partial charge in [0, 0.05) is 13.1 Å². The molecule has 3 nitrogen and oxygen atoms in total. The van der Waals surface area contributed by atoms with Crippen LogP contribution < -0.4 is 0 Å². The van der Waals surface area contributed by atoms with Crippen molar-refractivity contribution in [2.24, 2.45) is 0 Å². The van der Waals surface area contributed by atoms with Crippen LogP contribution in [0.5, 0.6) is 0 Å². The van der Waals surface area contributed by atoms with Crippen LogP contribution >= 0.6 is 0 Å². The second-order valence-electron chi connectivity index (χ2n) is 5.27. The zero-order valence-electron chi connectivity index (χ0n) is 11.7. The third-order valence-corrected chi connectivity index (χ3v) is 5.85. The Kier molecular flexibility index (Phi) is 3.55. The molecule has 0 saturated heterocycles. The van der Waals surface area contributed by atoms with Crippen LogP contribution in [0.4, 0.5) is 4.39 Å². The molecule has 1 aliphatic heterocycles. The molecular formula is C16H16FNO2S. The monoisotopic (exact) mass is 305 g/mol. The summed E-state index contributed by atoms with van der Waals surface area (Å²) in [6.07, 6.45) is 0.684. The van der Waals surface area contributed by atoms with Gasteiger partial charge < -0.3 is 0 Å². The molecule has 5 heteroatoms. The van der Waals surface area contributed by atoms with Crippen LogP contribution in [0.25, 0.3) is 0 Å². The maximum atomic E-state index is 13.4. The molecule has 0 spiro atoms. The van der Waals surface area contributed by atoms with E-state index in [9.17, 15) is 12.8 Å². The average molecular weight is 305 g/mol. The Morgan fingerprint density at radius 2 is 1.81 bits per heavy atom. The van der Waals surface area contributed by atoms with Crippen LogP contribution in [0.3, 0.4) is 0 Å². The van der Waals surface area contributed by atoms with Crippen LogP contribution in [0.2, 0.25) is 0 Å². The molecule has 0 saturated carbocycles. The minimum atomic E-state index is -3.66. The number of fused-ring (bicyclic) bond motifs is 1. The highest BCUT2D eigenvalue weighted by atomic mass is 32.2. The molecular weight excluding hydrogens is 289 g/mol. The van der Waals surface area contributed by atoms with Crippen molar-refractivity contribution in [3.63, 3.8) is 0 Å². The Morgan fingerprint density at radius 1 is 1.10 bits per heavy atom. The highest BCUT2D eigenvalue weighted by Crippen LogP contribution is 2.26. The fourth-order valence-corrected chi connectivity index (χ4v) is 4.32. The molecule has 110 valence electrons. The van der Waals surface area contributed by atoms with Crippen LogP contribution in [-0.2, 0) is 23.0 Å². The summed E-state index contributed by atoms with van der Waals surface area (Å²) in [4.78, 5) is 0.0573. The van der Waals surface area contributed by atoms with Crippen molar-refractivity contribution in [3.8, 4) is 0 Å². The lowest BCUT2D eigenvalue weighted by Gasteiger charge is -2.28. The van der Waals surface area contributed by atoms with E-state index in [1.54, 1.807) is 6.92 Å². The van der Waals surface area contributed by atoms with E-state index in [1.807, 2.05) is 24.3 Å². The standard InChI is InChI=1S/C16H16FNO2S/c1-12-6-7-15(17)10-16(12)21(19,20)18-9-8-13-4-2-3-5-14(13)11-18/h2-7,10H,8-9,11H2,1H3. The number of rotatable bonds is 2. The lowest BCUT2D eigenvalue weighted by molar-refractivity contribution is 0.391. The first-order valence-electron chi connectivity index (χ1n) is 6.81. The van der Waals surface area contributed by atoms with E-state index >= 15 is 0 Å². The number of nitrogens with zero attached hydrogens (tertiary/aromatic N) is 1. The fourth-order valence-electron chi connectivity index (χ4n) is 2.67. The van der Waals surface area contributed by atoms with Gasteiger partial charge >= 0.3 is 0 Å². The van der Waals surface area contributed by atoms with Crippen molar-refractivity contribution in [3.05, 3.63) is 65.0 Å². The van der Waals surface area contributed by atoms with E-state index in [4.69, 9.17) is 0 Å². The quantitative estimate of drug-likeness (QED) is 0.855. The zero-order valence-corrected chi connectivity index (χ0v) is 12.5. The molecule has 0 amide bonds. The first-order chi connectivity index (χ1) is 9.98. The van der Waals surface area contributed by atoms with Crippen LogP contribution in [-0.4, -0.2) is 19.3 Å². The number of halogens is 1. The van der Waals surface area contributed by atoms with Gasteiger partial charge in [0.25, 0.3) is 0 Å². The molecule has 0 fully saturated rings. The molecule has 1 aliphatic rings. The number of hydrogen-bond donors (Lipinski definition) is 0. The van der Waals surface area contributed by atoms with E-state index in [2.05, 4.69) is 0 Å². The zero-order chi connectivity index (χ0) is 15.0. The second-order valence-corrected chi connectivity index (χ2v) is 7.17. The Hall–Kier alpha value is -1.72. The first kappa shape index (κ1) is 14.2. The van der Waals surface area contributed by atoms with Crippen molar-refractivity contribution in [1.82, 2.24) is 4.31 Å². The number of aryl methyl sites for hydroxylation is 1. The molecule has 0 bridgehead atoms. The van der Waals surface area contributed by atoms with Gasteiger partial charge in [-0.2, -0.15) is 4.31 Å². The predicted molar refractivity (Wildman–Crippen MR) is 78.9 cm³/mol. The molecule has 0 N–H and O–H groups in total. The molecule has 0 aromatic heterocycles. The van der Waals surface area contributed by atoms with Gasteiger partial charge in [0.1, 0.15) is 5.82 Å². The average Bonchev–Trinajstić information content (AvgIpc) is 2.49. The van der Waals surface area contributed by atoms with E-state index < -0.39 is 15.8 Å². The SMILES string of the molecule is Cc1ccc(F)cc1S(=O)(=O)N1CCc2ccccc2C1. The van der Waals surface area contributed by atoms with Gasteiger partial charge in [-0.15, -0.1) is 0 Å². The van der Waals surface area contributed by atoms with Crippen molar-refractivity contribution < 1.29 is 12.8 Å². The van der Waals surface area contributed by atoms with Gasteiger partial charge in [-0.05, 0) is 42.2 Å². The summed E-state index contributed by atoms with van der Waals surface area (Å²) in [5.74, 6) is -0.531. The van der Waals surface area contributed by atoms with Gasteiger partial charge in [-0.25, -0.2) is 12.8 Å². The minimum absolute atomic E-state index is 0.0573. The van der Waals surface area contributed by atoms with Gasteiger partial charge in [0.15, 0.2) is 0 Å². The Balaban J connectivity index is 1.99. The summed E-state index contributed by atoms with van der Waals surface area (Å²) in [5, 5.41) is 0. The maximum Gasteiger partial charge on any atom is 0.243 e. The van der Waals surface area contributed by atoms with Gasteiger partial charge in [0.2, 0.25) is 10.0 Å². The smallest absolute Gasteiger partial charge is 0.207 e. The summed E-state index contributed by atoms with van der Waals surface area (Å²) in [5.41, 5.74) is 2.76. The number of sulfonamides is 1. The highest BCUT2D eigenvalue weighted by molar-refractivity contribution is 7.89. The van der Waals surface area contributed by atoms with E-state index in [1.165, 1.54) is 22.0 Å². The molecule has 2 aromatic rings. The topological polar surface area (TPSA) is 37.4 Å². The number of hydrogen-bond acceptors (Lipinski definition) is 2. The van der Waals surface area contributed by atoms with Crippen LogP contribution in [0.15, 0.2) is 47.4 Å². The van der Waals surface area contributed by atoms with Crippen LogP contribution in [0, 0.1) is 12.7 Å². The molecule has 0 radical (unpaired) electrons. The summed E-state index contributed by atoms with van der Waals surface area (Å²) in [7, 11) is -3.66. The second kappa shape index (κ2) is 5.24. The molecule has 3 rings (SSSR count). The Labute approximate surface area is 124 Å². The van der Waals surface area contributed by atoms with Crippen molar-refractivity contribution in [2.45, 2.75) is 24.8 Å². The molecule has 0 unspecified atom stereocenters. The lowest BCUT2D eigenvalue weighted by Crippen LogP contribution is -2.36. The molecule has 0 atom stereocenters. The van der Waals surface area contributed by atoms with E-state index in [0.717, 1.165) is 11.6 Å². The van der Waals surface area contributed by atoms with Crippen molar-refractivity contribution in [2.75, 3.05) is 6.54 Å². The third-order valence-electron chi connectivity index (χ3n) is 3.86. The van der Waals surface area contributed by atoms with Crippen LogP contribution in [0.1, 0.15) is 16.7 Å². The third kappa shape index (κ3) is 2.59. The normalized spacial score (nSPS) is 15.7. The summed E-state index contributed by atoms with van der Waals surface area (Å²) in [6.45, 7) is 2.45. The number of benzene rings is 2. The highest BCUT2D eigenvalue weighted by Gasteiger charge is 2.29. The van der Waals surface area contributed by atoms with E-state index in [-0.39, 0.29) is 4.90 Å². The Morgan fingerprint density at radius 3 is 2.57 bits per heavy atom. The van der Waals surface area contributed by atoms with Gasteiger partial charge in [-0.3, -0.25) is 0 Å². The largest absolute Gasteiger partial charge is 0.243 e. The molecule has 0 aliphatic carbocycles. The van der Waals surface area contributed by atoms with Gasteiger partial charge in [0.05, 0.1) is 4.90 Å². The molecule has 1 heterocycles.